The molecule has 1 saturated carbocycles. The van der Waals surface area contributed by atoms with Crippen LogP contribution in [0.4, 0.5) is 14.5 Å². The molecule has 1 aromatic rings. The third-order valence-electron chi connectivity index (χ3n) is 3.95. The molecule has 5 heteroatoms. The Morgan fingerprint density at radius 3 is 2.62 bits per heavy atom. The molecule has 1 fully saturated rings. The third kappa shape index (κ3) is 5.25. The fourth-order valence-electron chi connectivity index (χ4n) is 2.54. The van der Waals surface area contributed by atoms with Gasteiger partial charge in [-0.15, -0.1) is 0 Å². The minimum Gasteiger partial charge on any atom is -0.389 e. The highest BCUT2D eigenvalue weighted by Gasteiger charge is 2.19. The Bertz CT molecular complexity index is 448. The molecule has 0 spiro atoms. The van der Waals surface area contributed by atoms with Crippen LogP contribution in [-0.2, 0) is 4.74 Å². The lowest BCUT2D eigenvalue weighted by Crippen LogP contribution is -2.29. The molecular weight excluding hydrogens is 276 g/mol. The van der Waals surface area contributed by atoms with Gasteiger partial charge in [-0.1, -0.05) is 6.92 Å². The summed E-state index contributed by atoms with van der Waals surface area (Å²) in [6, 6.07) is 3.57. The molecule has 0 aliphatic heterocycles. The third-order valence-corrected chi connectivity index (χ3v) is 3.95. The maximum atomic E-state index is 13.0. The largest absolute Gasteiger partial charge is 0.389 e. The van der Waals surface area contributed by atoms with Gasteiger partial charge in [0.2, 0.25) is 0 Å². The molecule has 0 radical (unpaired) electrons. The summed E-state index contributed by atoms with van der Waals surface area (Å²) < 4.78 is 31.5. The van der Waals surface area contributed by atoms with Gasteiger partial charge in [0.1, 0.15) is 0 Å². The zero-order valence-electron chi connectivity index (χ0n) is 12.3. The second-order valence-electron chi connectivity index (χ2n) is 5.88. The number of nitrogens with one attached hydrogen (secondary N) is 1. The van der Waals surface area contributed by atoms with Gasteiger partial charge in [-0.25, -0.2) is 8.78 Å². The van der Waals surface area contributed by atoms with Gasteiger partial charge in [0.15, 0.2) is 11.6 Å². The van der Waals surface area contributed by atoms with E-state index in [0.29, 0.717) is 5.69 Å². The standard InChI is InChI=1S/C16H23F2NO2/c1-11-2-5-14(6-3-11)21-10-13(20)9-19-12-4-7-15(17)16(18)8-12/h4,7-8,11,13-14,19-20H,2-3,5-6,9-10H2,1H3. The molecule has 2 N–H and O–H groups in total. The topological polar surface area (TPSA) is 41.5 Å². The van der Waals surface area contributed by atoms with Crippen LogP contribution in [0.3, 0.4) is 0 Å². The maximum Gasteiger partial charge on any atom is 0.160 e. The summed E-state index contributed by atoms with van der Waals surface area (Å²) in [5, 5.41) is 12.7. The summed E-state index contributed by atoms with van der Waals surface area (Å²) in [5.74, 6) is -1.01. The second kappa shape index (κ2) is 7.71. The van der Waals surface area contributed by atoms with E-state index in [0.717, 1.165) is 30.9 Å². The molecular formula is C16H23F2NO2. The van der Waals surface area contributed by atoms with E-state index in [2.05, 4.69) is 12.2 Å². The normalized spacial score (nSPS) is 23.8. The molecule has 118 valence electrons. The average molecular weight is 299 g/mol. The van der Waals surface area contributed by atoms with Crippen molar-refractivity contribution in [3.8, 4) is 0 Å². The molecule has 1 aromatic carbocycles. The number of anilines is 1. The number of ether oxygens (including phenoxy) is 1. The lowest BCUT2D eigenvalue weighted by molar-refractivity contribution is -0.0245. The van der Waals surface area contributed by atoms with Crippen molar-refractivity contribution >= 4 is 5.69 Å². The van der Waals surface area contributed by atoms with Gasteiger partial charge >= 0.3 is 0 Å². The summed E-state index contributed by atoms with van der Waals surface area (Å²) in [6.07, 6.45) is 4.01. The van der Waals surface area contributed by atoms with Crippen LogP contribution in [0.5, 0.6) is 0 Å². The van der Waals surface area contributed by atoms with E-state index in [1.54, 1.807) is 0 Å². The lowest BCUT2D eigenvalue weighted by atomic mass is 9.89. The fraction of sp³-hybridized carbons (Fsp3) is 0.625. The van der Waals surface area contributed by atoms with Crippen molar-refractivity contribution in [2.75, 3.05) is 18.5 Å². The Kier molecular flexibility index (Phi) is 5.94. The van der Waals surface area contributed by atoms with Crippen molar-refractivity contribution in [2.24, 2.45) is 5.92 Å². The highest BCUT2D eigenvalue weighted by Crippen LogP contribution is 2.25. The van der Waals surface area contributed by atoms with Crippen LogP contribution in [0, 0.1) is 17.6 Å². The minimum absolute atomic E-state index is 0.235. The van der Waals surface area contributed by atoms with Gasteiger partial charge in [0.25, 0.3) is 0 Å². The number of aliphatic hydroxyl groups is 1. The van der Waals surface area contributed by atoms with Crippen molar-refractivity contribution in [3.63, 3.8) is 0 Å². The van der Waals surface area contributed by atoms with Crippen LogP contribution >= 0.6 is 0 Å². The van der Waals surface area contributed by atoms with Gasteiger partial charge in [-0.3, -0.25) is 0 Å². The molecule has 0 saturated heterocycles. The van der Waals surface area contributed by atoms with E-state index in [9.17, 15) is 13.9 Å². The Morgan fingerprint density at radius 2 is 1.95 bits per heavy atom. The molecule has 0 aromatic heterocycles. The van der Waals surface area contributed by atoms with Crippen LogP contribution in [0.15, 0.2) is 18.2 Å². The highest BCUT2D eigenvalue weighted by molar-refractivity contribution is 5.43. The average Bonchev–Trinajstić information content (AvgIpc) is 2.48. The first kappa shape index (κ1) is 16.2. The minimum atomic E-state index is -0.901. The molecule has 3 nitrogen and oxygen atoms in total. The van der Waals surface area contributed by atoms with E-state index in [-0.39, 0.29) is 19.3 Å². The van der Waals surface area contributed by atoms with Crippen LogP contribution in [-0.4, -0.2) is 30.5 Å². The second-order valence-corrected chi connectivity index (χ2v) is 5.88. The fourth-order valence-corrected chi connectivity index (χ4v) is 2.54. The van der Waals surface area contributed by atoms with E-state index in [4.69, 9.17) is 4.74 Å². The molecule has 0 heterocycles. The maximum absolute atomic E-state index is 13.0. The molecule has 1 aliphatic carbocycles. The quantitative estimate of drug-likeness (QED) is 0.846. The van der Waals surface area contributed by atoms with E-state index < -0.39 is 17.7 Å². The van der Waals surface area contributed by atoms with E-state index in [1.165, 1.54) is 18.9 Å². The predicted octanol–water partition coefficient (Wildman–Crippen LogP) is 3.33. The SMILES string of the molecule is CC1CCC(OCC(O)CNc2ccc(F)c(F)c2)CC1. The summed E-state index contributed by atoms with van der Waals surface area (Å²) in [5.41, 5.74) is 0.444. The zero-order valence-corrected chi connectivity index (χ0v) is 12.3. The van der Waals surface area contributed by atoms with Gasteiger partial charge in [0.05, 0.1) is 18.8 Å². The molecule has 1 unspecified atom stereocenters. The monoisotopic (exact) mass is 299 g/mol. The number of halogens is 2. The lowest BCUT2D eigenvalue weighted by Gasteiger charge is -2.27. The molecule has 21 heavy (non-hydrogen) atoms. The molecule has 2 rings (SSSR count). The first-order valence-corrected chi connectivity index (χ1v) is 7.53. The number of benzene rings is 1. The van der Waals surface area contributed by atoms with Crippen LogP contribution < -0.4 is 5.32 Å². The van der Waals surface area contributed by atoms with Crippen molar-refractivity contribution in [1.29, 1.82) is 0 Å². The smallest absolute Gasteiger partial charge is 0.160 e. The van der Waals surface area contributed by atoms with E-state index >= 15 is 0 Å². The first-order valence-electron chi connectivity index (χ1n) is 7.53. The van der Waals surface area contributed by atoms with Gasteiger partial charge < -0.3 is 15.2 Å². The van der Waals surface area contributed by atoms with Crippen molar-refractivity contribution in [1.82, 2.24) is 0 Å². The summed E-state index contributed by atoms with van der Waals surface area (Å²) >= 11 is 0. The number of aliphatic hydroxyl groups excluding tert-OH is 1. The highest BCUT2D eigenvalue weighted by atomic mass is 19.2. The van der Waals surface area contributed by atoms with Crippen molar-refractivity contribution in [3.05, 3.63) is 29.8 Å². The molecule has 1 atom stereocenters. The van der Waals surface area contributed by atoms with Crippen LogP contribution in [0.25, 0.3) is 0 Å². The van der Waals surface area contributed by atoms with Crippen molar-refractivity contribution in [2.45, 2.75) is 44.8 Å². The Labute approximate surface area is 124 Å². The zero-order chi connectivity index (χ0) is 15.2. The first-order chi connectivity index (χ1) is 10.0. The van der Waals surface area contributed by atoms with Crippen molar-refractivity contribution < 1.29 is 18.6 Å². The molecule has 0 bridgehead atoms. The Hall–Kier alpha value is -1.20. The molecule has 1 aliphatic rings. The summed E-state index contributed by atoms with van der Waals surface area (Å²) in [4.78, 5) is 0. The number of hydrogen-bond donors (Lipinski definition) is 2. The summed E-state index contributed by atoms with van der Waals surface area (Å²) in [7, 11) is 0. The van der Waals surface area contributed by atoms with Crippen LogP contribution in [0.1, 0.15) is 32.6 Å². The summed E-state index contributed by atoms with van der Waals surface area (Å²) in [6.45, 7) is 2.75. The Balaban J connectivity index is 1.67. The Morgan fingerprint density at radius 1 is 1.24 bits per heavy atom. The van der Waals surface area contributed by atoms with Crippen LogP contribution in [0.2, 0.25) is 0 Å². The van der Waals surface area contributed by atoms with E-state index in [1.807, 2.05) is 0 Å². The van der Waals surface area contributed by atoms with Gasteiger partial charge in [0, 0.05) is 18.3 Å². The molecule has 0 amide bonds. The van der Waals surface area contributed by atoms with Gasteiger partial charge in [-0.2, -0.15) is 0 Å². The number of hydrogen-bond acceptors (Lipinski definition) is 3. The number of rotatable bonds is 6. The van der Waals surface area contributed by atoms with Gasteiger partial charge in [-0.05, 0) is 43.7 Å². The predicted molar refractivity (Wildman–Crippen MR) is 78.2 cm³/mol.